The molecule has 0 fully saturated rings. The Labute approximate surface area is 325 Å². The Morgan fingerprint density at radius 3 is 1.68 bits per heavy atom. The first-order chi connectivity index (χ1) is 25.4. The topological polar surface area (TPSA) is 52.9 Å². The molecule has 0 saturated heterocycles. The maximum atomic E-state index is 5.51. The number of aryl methyl sites for hydroxylation is 4. The van der Waals surface area contributed by atoms with Crippen LogP contribution in [-0.4, -0.2) is 11.4 Å². The van der Waals surface area contributed by atoms with Gasteiger partial charge in [0.1, 0.15) is 0 Å². The summed E-state index contributed by atoms with van der Waals surface area (Å²) in [6, 6.07) is 39.5. The van der Waals surface area contributed by atoms with Crippen LogP contribution in [0.25, 0.3) is 22.0 Å². The largest absolute Gasteiger partial charge is 2.00 e. The molecule has 0 amide bonds. The zero-order chi connectivity index (χ0) is 35.3. The summed E-state index contributed by atoms with van der Waals surface area (Å²) in [5, 5.41) is 5.50. The van der Waals surface area contributed by atoms with Gasteiger partial charge in [-0.1, -0.05) is 138 Å². The van der Waals surface area contributed by atoms with Crippen molar-refractivity contribution in [2.24, 2.45) is 9.98 Å². The van der Waals surface area contributed by atoms with Crippen LogP contribution in [0.15, 0.2) is 160 Å². The van der Waals surface area contributed by atoms with Crippen molar-refractivity contribution in [1.82, 2.24) is 4.98 Å². The summed E-state index contributed by atoms with van der Waals surface area (Å²) in [4.78, 5) is 16.4. The SMILES string of the molecule is Cc1ccc(/C2=C3\CC=C([N-]3)C(c3ccc(C)cc3)C3=N/C(=C(/c4ccc(C)cc4)c4ccc([n-]4)/C(c4ccc(C)cc4)=C4/CCC2=N4)C=C3)cc1.[Zn+2]. The van der Waals surface area contributed by atoms with Gasteiger partial charge in [0.05, 0.1) is 11.4 Å². The molecule has 0 aliphatic carbocycles. The molecule has 9 rings (SSSR count). The van der Waals surface area contributed by atoms with E-state index in [0.717, 1.165) is 98.3 Å². The van der Waals surface area contributed by atoms with Gasteiger partial charge < -0.3 is 10.3 Å². The summed E-state index contributed by atoms with van der Waals surface area (Å²) >= 11 is 0. The van der Waals surface area contributed by atoms with Gasteiger partial charge in [-0.25, -0.2) is 0 Å². The van der Waals surface area contributed by atoms with Gasteiger partial charge in [-0.2, -0.15) is 0 Å². The van der Waals surface area contributed by atoms with E-state index in [1.165, 1.54) is 27.8 Å². The number of benzene rings is 4. The summed E-state index contributed by atoms with van der Waals surface area (Å²) < 4.78 is 0. The molecule has 53 heavy (non-hydrogen) atoms. The normalized spacial score (nSPS) is 21.9. The number of allylic oxidation sites excluding steroid dienone is 6. The van der Waals surface area contributed by atoms with Crippen LogP contribution in [0.3, 0.4) is 0 Å². The molecule has 5 heteroatoms. The van der Waals surface area contributed by atoms with Crippen LogP contribution in [0.2, 0.25) is 0 Å². The van der Waals surface area contributed by atoms with E-state index in [2.05, 4.69) is 155 Å². The van der Waals surface area contributed by atoms with E-state index in [9.17, 15) is 0 Å². The third-order valence-electron chi connectivity index (χ3n) is 10.6. The Bertz CT molecular complexity index is 2440. The first-order valence-corrected chi connectivity index (χ1v) is 18.3. The molecule has 4 aliphatic rings. The van der Waals surface area contributed by atoms with E-state index >= 15 is 0 Å². The smallest absolute Gasteiger partial charge is 0.663 e. The number of aromatic nitrogens is 1. The van der Waals surface area contributed by atoms with E-state index < -0.39 is 0 Å². The van der Waals surface area contributed by atoms with Crippen molar-refractivity contribution >= 4 is 28.1 Å². The van der Waals surface area contributed by atoms with Crippen LogP contribution in [0.4, 0.5) is 0 Å². The fourth-order valence-corrected chi connectivity index (χ4v) is 7.78. The molecule has 0 radical (unpaired) electrons. The molecule has 8 bridgehead atoms. The second-order valence-electron chi connectivity index (χ2n) is 14.4. The number of fused-ring (bicyclic) bond motifs is 6. The Kier molecular flexibility index (Phi) is 9.31. The maximum absolute atomic E-state index is 5.51. The Balaban J connectivity index is 0.00000400. The number of hydrogen-bond donors (Lipinski definition) is 0. The molecule has 254 valence electrons. The third kappa shape index (κ3) is 6.60. The minimum absolute atomic E-state index is 0. The van der Waals surface area contributed by atoms with Crippen LogP contribution in [0.5, 0.6) is 0 Å². The van der Waals surface area contributed by atoms with Gasteiger partial charge in [-0.05, 0) is 98.1 Å². The Hall–Kier alpha value is -5.38. The fraction of sp³-hybridized carbons (Fsp3) is 0.167. The van der Waals surface area contributed by atoms with Gasteiger partial charge in [-0.15, -0.1) is 22.8 Å². The average molecular weight is 738 g/mol. The van der Waals surface area contributed by atoms with Gasteiger partial charge >= 0.3 is 19.5 Å². The van der Waals surface area contributed by atoms with Gasteiger partial charge in [0, 0.05) is 17.3 Å². The van der Waals surface area contributed by atoms with Crippen LogP contribution in [-0.2, 0) is 19.5 Å². The first-order valence-electron chi connectivity index (χ1n) is 18.3. The maximum Gasteiger partial charge on any atom is 2.00 e. The molecule has 0 N–H and O–H groups in total. The molecule has 1 aromatic heterocycles. The monoisotopic (exact) mass is 736 g/mol. The molecule has 5 aromatic rings. The number of aliphatic imine (C=N–C) groups is 2. The first kappa shape index (κ1) is 34.7. The van der Waals surface area contributed by atoms with E-state index in [0.29, 0.717) is 0 Å². The molecule has 0 spiro atoms. The average Bonchev–Trinajstić information content (AvgIpc) is 3.99. The standard InChI is InChI=1S/C48H40N4.Zn/c1-29-5-13-33(14-6-29)45-37-21-23-39(49-37)46(34-15-7-30(2)8-16-34)41-25-27-43(51-41)48(36-19-11-32(4)12-20-36)44-28-26-42(52-44)47(40-24-22-38(45)50-40)35-17-9-31(3)10-18-35;/h5-25,46H,26-28H2,1-4H3;/q-2;+2/b45-37-,47-42-,48-43-;. The summed E-state index contributed by atoms with van der Waals surface area (Å²) in [5.74, 6) is -0.115. The zero-order valence-electron chi connectivity index (χ0n) is 30.8. The van der Waals surface area contributed by atoms with E-state index in [4.69, 9.17) is 20.3 Å². The summed E-state index contributed by atoms with van der Waals surface area (Å²) in [6.45, 7) is 8.53. The van der Waals surface area contributed by atoms with Crippen LogP contribution < -0.4 is 4.98 Å². The van der Waals surface area contributed by atoms with Crippen molar-refractivity contribution in [2.75, 3.05) is 0 Å². The fourth-order valence-electron chi connectivity index (χ4n) is 7.78. The second kappa shape index (κ2) is 14.2. The molecule has 1 atom stereocenters. The van der Waals surface area contributed by atoms with E-state index in [-0.39, 0.29) is 25.4 Å². The van der Waals surface area contributed by atoms with Crippen molar-refractivity contribution in [1.29, 1.82) is 0 Å². The molecule has 4 nitrogen and oxygen atoms in total. The van der Waals surface area contributed by atoms with Crippen molar-refractivity contribution < 1.29 is 19.5 Å². The number of hydrogen-bond acceptors (Lipinski definition) is 2. The third-order valence-corrected chi connectivity index (χ3v) is 10.6. The number of nitrogens with zero attached hydrogens (tertiary/aromatic N) is 4. The Morgan fingerprint density at radius 1 is 0.547 bits per heavy atom. The summed E-state index contributed by atoms with van der Waals surface area (Å²) in [7, 11) is 0. The molecular formula is C48H40N4Zn. The molecular weight excluding hydrogens is 698 g/mol. The molecule has 5 heterocycles. The second-order valence-corrected chi connectivity index (χ2v) is 14.4. The number of rotatable bonds is 4. The summed E-state index contributed by atoms with van der Waals surface area (Å²) in [6.07, 6.45) is 9.06. The molecule has 0 saturated carbocycles. The van der Waals surface area contributed by atoms with Gasteiger partial charge in [0.25, 0.3) is 0 Å². The minimum atomic E-state index is -0.115. The van der Waals surface area contributed by atoms with Crippen molar-refractivity contribution in [2.45, 2.75) is 52.9 Å². The predicted octanol–water partition coefficient (Wildman–Crippen LogP) is 11.5. The van der Waals surface area contributed by atoms with Crippen LogP contribution in [0, 0.1) is 27.7 Å². The van der Waals surface area contributed by atoms with Crippen LogP contribution >= 0.6 is 0 Å². The van der Waals surface area contributed by atoms with Gasteiger partial charge in [-0.3, -0.25) is 9.98 Å². The van der Waals surface area contributed by atoms with Crippen molar-refractivity contribution in [3.8, 4) is 0 Å². The zero-order valence-corrected chi connectivity index (χ0v) is 33.8. The molecule has 1 unspecified atom stereocenters. The van der Waals surface area contributed by atoms with E-state index in [1.807, 2.05) is 0 Å². The quantitative estimate of drug-likeness (QED) is 0.169. The van der Waals surface area contributed by atoms with Crippen molar-refractivity contribution in [3.63, 3.8) is 0 Å². The Morgan fingerprint density at radius 2 is 1.08 bits per heavy atom. The van der Waals surface area contributed by atoms with Gasteiger partial charge in [0.2, 0.25) is 0 Å². The molecule has 4 aliphatic heterocycles. The summed E-state index contributed by atoms with van der Waals surface area (Å²) in [5.41, 5.74) is 20.7. The van der Waals surface area contributed by atoms with Gasteiger partial charge in [0.15, 0.2) is 0 Å². The van der Waals surface area contributed by atoms with Crippen LogP contribution in [0.1, 0.15) is 81.1 Å². The predicted molar refractivity (Wildman–Crippen MR) is 215 cm³/mol. The minimum Gasteiger partial charge on any atom is -0.663 e. The van der Waals surface area contributed by atoms with E-state index in [1.54, 1.807) is 0 Å². The molecule has 4 aromatic carbocycles. The van der Waals surface area contributed by atoms with Crippen molar-refractivity contribution in [3.05, 3.63) is 211 Å².